The largest absolute Gasteiger partial charge is 0.490 e. The van der Waals surface area contributed by atoms with Crippen molar-refractivity contribution in [2.24, 2.45) is 0 Å². The fourth-order valence-electron chi connectivity index (χ4n) is 3.08. The van der Waals surface area contributed by atoms with Crippen LogP contribution in [0.25, 0.3) is 10.8 Å². The van der Waals surface area contributed by atoms with E-state index in [1.54, 1.807) is 0 Å². The van der Waals surface area contributed by atoms with E-state index in [0.717, 1.165) is 19.4 Å². The number of carbonyl (C=O) groups excluding carboxylic acids is 1. The zero-order valence-corrected chi connectivity index (χ0v) is 16.2. The van der Waals surface area contributed by atoms with E-state index in [0.29, 0.717) is 19.5 Å². The van der Waals surface area contributed by atoms with Crippen LogP contribution >= 0.6 is 0 Å². The first-order valence-electron chi connectivity index (χ1n) is 9.36. The highest BCUT2D eigenvalue weighted by Crippen LogP contribution is 2.17. The molecule has 1 atom stereocenters. The van der Waals surface area contributed by atoms with Gasteiger partial charge in [0.1, 0.15) is 0 Å². The van der Waals surface area contributed by atoms with Gasteiger partial charge in [-0.2, -0.15) is 18.4 Å². The number of carbonyl (C=O) groups is 2. The number of benzene rings is 2. The van der Waals surface area contributed by atoms with Gasteiger partial charge < -0.3 is 15.3 Å². The van der Waals surface area contributed by atoms with Crippen molar-refractivity contribution >= 4 is 22.6 Å². The van der Waals surface area contributed by atoms with Gasteiger partial charge in [-0.25, -0.2) is 4.79 Å². The number of nitrogens with zero attached hydrogens (tertiary/aromatic N) is 2. The Labute approximate surface area is 171 Å². The van der Waals surface area contributed by atoms with Crippen molar-refractivity contribution in [1.29, 1.82) is 5.26 Å². The van der Waals surface area contributed by atoms with Crippen molar-refractivity contribution in [2.75, 3.05) is 19.6 Å². The molecule has 160 valence electrons. The lowest BCUT2D eigenvalue weighted by atomic mass is 10.0. The molecule has 2 aromatic rings. The number of hydrogen-bond donors (Lipinski definition) is 2. The molecule has 30 heavy (non-hydrogen) atoms. The molecule has 0 radical (unpaired) electrons. The minimum Gasteiger partial charge on any atom is -0.475 e. The van der Waals surface area contributed by atoms with Crippen molar-refractivity contribution in [1.82, 2.24) is 10.2 Å². The number of nitriles is 1. The quantitative estimate of drug-likeness (QED) is 0.774. The van der Waals surface area contributed by atoms with Crippen LogP contribution in [-0.4, -0.2) is 53.7 Å². The van der Waals surface area contributed by atoms with E-state index < -0.39 is 12.1 Å². The fourth-order valence-corrected chi connectivity index (χ4v) is 3.08. The van der Waals surface area contributed by atoms with Crippen LogP contribution in [0.3, 0.4) is 0 Å². The van der Waals surface area contributed by atoms with E-state index in [1.807, 2.05) is 17.0 Å². The molecule has 9 heteroatoms. The number of hydrogen-bond acceptors (Lipinski definition) is 4. The Balaban J connectivity index is 0.000000396. The summed E-state index contributed by atoms with van der Waals surface area (Å²) in [6.45, 7) is 1.82. The summed E-state index contributed by atoms with van der Waals surface area (Å²) in [4.78, 5) is 22.9. The first-order valence-corrected chi connectivity index (χ1v) is 9.36. The second-order valence-corrected chi connectivity index (χ2v) is 6.85. The molecule has 1 aliphatic rings. The molecule has 1 aliphatic heterocycles. The van der Waals surface area contributed by atoms with Gasteiger partial charge >= 0.3 is 12.1 Å². The van der Waals surface area contributed by atoms with Gasteiger partial charge in [-0.15, -0.1) is 0 Å². The van der Waals surface area contributed by atoms with Crippen LogP contribution in [-0.2, 0) is 16.0 Å². The molecule has 1 fully saturated rings. The Morgan fingerprint density at radius 3 is 2.53 bits per heavy atom. The zero-order chi connectivity index (χ0) is 22.1. The number of piperazine rings is 1. The summed E-state index contributed by atoms with van der Waals surface area (Å²) in [5.74, 6) is -2.61. The standard InChI is InChI=1S/C19H21N3O.C2HF3O2/c20-10-3-6-18-14-22(19(23)13-21-18)11-9-15-7-8-16-4-1-2-5-17(16)12-15;3-2(4,5)1(6)7/h1-2,4-5,7-8,12,18,21H,3,6,9,11,13-14H2;(H,6,7)/t18-;/m0./s1. The minimum absolute atomic E-state index is 0.152. The summed E-state index contributed by atoms with van der Waals surface area (Å²) in [6, 6.07) is 17.2. The van der Waals surface area contributed by atoms with Crippen molar-refractivity contribution < 1.29 is 27.9 Å². The monoisotopic (exact) mass is 421 g/mol. The Kier molecular flexibility index (Phi) is 8.18. The fraction of sp³-hybridized carbons (Fsp3) is 0.381. The van der Waals surface area contributed by atoms with Crippen LogP contribution in [0.4, 0.5) is 13.2 Å². The Morgan fingerprint density at radius 1 is 1.23 bits per heavy atom. The maximum absolute atomic E-state index is 12.0. The molecular formula is C21H22F3N3O3. The van der Waals surface area contributed by atoms with E-state index in [4.69, 9.17) is 15.2 Å². The average Bonchev–Trinajstić information content (AvgIpc) is 2.71. The van der Waals surface area contributed by atoms with Crippen molar-refractivity contribution in [2.45, 2.75) is 31.5 Å². The molecule has 6 nitrogen and oxygen atoms in total. The maximum Gasteiger partial charge on any atom is 0.490 e. The van der Waals surface area contributed by atoms with E-state index in [1.165, 1.54) is 16.3 Å². The van der Waals surface area contributed by atoms with Gasteiger partial charge in [0, 0.05) is 25.6 Å². The third-order valence-electron chi connectivity index (χ3n) is 4.67. The summed E-state index contributed by atoms with van der Waals surface area (Å²) in [6.07, 6.45) is -2.89. The topological polar surface area (TPSA) is 93.4 Å². The van der Waals surface area contributed by atoms with Crippen molar-refractivity contribution in [3.8, 4) is 6.07 Å². The molecule has 3 rings (SSSR count). The van der Waals surface area contributed by atoms with Gasteiger partial charge in [-0.3, -0.25) is 4.79 Å². The third-order valence-corrected chi connectivity index (χ3v) is 4.67. The number of fused-ring (bicyclic) bond motifs is 1. The number of amides is 1. The van der Waals surface area contributed by atoms with Crippen LogP contribution in [0.15, 0.2) is 42.5 Å². The van der Waals surface area contributed by atoms with Gasteiger partial charge in [0.2, 0.25) is 5.91 Å². The molecule has 0 bridgehead atoms. The summed E-state index contributed by atoms with van der Waals surface area (Å²) in [7, 11) is 0. The molecule has 0 aromatic heterocycles. The minimum atomic E-state index is -5.08. The zero-order valence-electron chi connectivity index (χ0n) is 16.2. The number of alkyl halides is 3. The van der Waals surface area contributed by atoms with Gasteiger partial charge in [-0.05, 0) is 29.2 Å². The predicted molar refractivity (Wildman–Crippen MR) is 105 cm³/mol. The Morgan fingerprint density at radius 2 is 1.90 bits per heavy atom. The lowest BCUT2D eigenvalue weighted by Gasteiger charge is -2.33. The van der Waals surface area contributed by atoms with Crippen molar-refractivity contribution in [3.05, 3.63) is 48.0 Å². The van der Waals surface area contributed by atoms with E-state index in [9.17, 15) is 18.0 Å². The summed E-state index contributed by atoms with van der Waals surface area (Å²) >= 11 is 0. The molecule has 0 unspecified atom stereocenters. The van der Waals surface area contributed by atoms with E-state index >= 15 is 0 Å². The van der Waals surface area contributed by atoms with Crippen LogP contribution in [0.2, 0.25) is 0 Å². The van der Waals surface area contributed by atoms with Gasteiger partial charge in [0.25, 0.3) is 0 Å². The highest BCUT2D eigenvalue weighted by molar-refractivity contribution is 5.83. The maximum atomic E-state index is 12.0. The van der Waals surface area contributed by atoms with Crippen molar-refractivity contribution in [3.63, 3.8) is 0 Å². The second kappa shape index (κ2) is 10.6. The van der Waals surface area contributed by atoms with Gasteiger partial charge in [-0.1, -0.05) is 42.5 Å². The highest BCUT2D eigenvalue weighted by Gasteiger charge is 2.38. The van der Waals surface area contributed by atoms with Crippen LogP contribution in [0.5, 0.6) is 0 Å². The Hall–Kier alpha value is -3.12. The predicted octanol–water partition coefficient (Wildman–Crippen LogP) is 3.12. The van der Waals surface area contributed by atoms with Crippen LogP contribution in [0.1, 0.15) is 18.4 Å². The second-order valence-electron chi connectivity index (χ2n) is 6.85. The molecule has 2 aromatic carbocycles. The number of rotatable bonds is 5. The lowest BCUT2D eigenvalue weighted by molar-refractivity contribution is -0.192. The SMILES string of the molecule is N#CCC[C@H]1CN(CCc2ccc3ccccc3c2)C(=O)CN1.O=C(O)C(F)(F)F. The number of carboxylic acids is 1. The number of carboxylic acid groups (broad SMARTS) is 1. The molecule has 1 heterocycles. The molecule has 0 spiro atoms. The summed E-state index contributed by atoms with van der Waals surface area (Å²) in [5, 5.41) is 21.5. The van der Waals surface area contributed by atoms with E-state index in [2.05, 4.69) is 41.7 Å². The molecule has 1 amide bonds. The molecular weight excluding hydrogens is 399 g/mol. The lowest BCUT2D eigenvalue weighted by Crippen LogP contribution is -2.54. The number of nitrogens with one attached hydrogen (secondary N) is 1. The first kappa shape index (κ1) is 23.2. The third kappa shape index (κ3) is 7.04. The smallest absolute Gasteiger partial charge is 0.475 e. The molecule has 0 saturated carbocycles. The molecule has 2 N–H and O–H groups in total. The summed E-state index contributed by atoms with van der Waals surface area (Å²) in [5.41, 5.74) is 1.25. The average molecular weight is 421 g/mol. The van der Waals surface area contributed by atoms with E-state index in [-0.39, 0.29) is 11.9 Å². The highest BCUT2D eigenvalue weighted by atomic mass is 19.4. The van der Waals surface area contributed by atoms with Crippen LogP contribution < -0.4 is 5.32 Å². The van der Waals surface area contributed by atoms with Gasteiger partial charge in [0.15, 0.2) is 0 Å². The normalized spacial score (nSPS) is 16.5. The Bertz CT molecular complexity index is 925. The number of halogens is 3. The summed E-state index contributed by atoms with van der Waals surface area (Å²) < 4.78 is 31.7. The van der Waals surface area contributed by atoms with Crippen LogP contribution in [0, 0.1) is 11.3 Å². The molecule has 0 aliphatic carbocycles. The first-order chi connectivity index (χ1) is 14.2. The van der Waals surface area contributed by atoms with Gasteiger partial charge in [0.05, 0.1) is 12.6 Å². The number of aliphatic carboxylic acids is 1. The molecule has 1 saturated heterocycles.